The maximum atomic E-state index is 12.9. The van der Waals surface area contributed by atoms with Crippen molar-refractivity contribution in [1.82, 2.24) is 10.2 Å². The van der Waals surface area contributed by atoms with Crippen LogP contribution in [0.5, 0.6) is 0 Å². The van der Waals surface area contributed by atoms with E-state index in [-0.39, 0.29) is 30.2 Å². The third kappa shape index (κ3) is 5.55. The lowest BCUT2D eigenvalue weighted by atomic mass is 9.98. The lowest BCUT2D eigenvalue weighted by molar-refractivity contribution is -0.123. The molecule has 1 fully saturated rings. The number of carbonyl (C=O) groups excluding carboxylic acids is 1. The van der Waals surface area contributed by atoms with Crippen molar-refractivity contribution in [2.75, 3.05) is 26.2 Å². The molecule has 22 heavy (non-hydrogen) atoms. The van der Waals surface area contributed by atoms with Crippen LogP contribution in [0, 0.1) is 11.7 Å². The molecule has 0 bridgehead atoms. The molecule has 4 nitrogen and oxygen atoms in total. The summed E-state index contributed by atoms with van der Waals surface area (Å²) >= 11 is 0. The van der Waals surface area contributed by atoms with Crippen molar-refractivity contribution in [1.29, 1.82) is 0 Å². The first kappa shape index (κ1) is 18.9. The molecule has 6 heteroatoms. The van der Waals surface area contributed by atoms with E-state index >= 15 is 0 Å². The fourth-order valence-corrected chi connectivity index (χ4v) is 2.81. The van der Waals surface area contributed by atoms with E-state index in [9.17, 15) is 9.18 Å². The summed E-state index contributed by atoms with van der Waals surface area (Å²) < 4.78 is 12.9. The molecule has 0 aliphatic carbocycles. The number of likely N-dealkylation sites (tertiary alicyclic amines) is 1. The zero-order valence-electron chi connectivity index (χ0n) is 12.9. The monoisotopic (exact) mass is 329 g/mol. The van der Waals surface area contributed by atoms with Crippen LogP contribution in [0.1, 0.15) is 31.4 Å². The zero-order valence-corrected chi connectivity index (χ0v) is 13.7. The minimum absolute atomic E-state index is 0. The van der Waals surface area contributed by atoms with E-state index in [0.29, 0.717) is 19.0 Å². The highest BCUT2D eigenvalue weighted by Crippen LogP contribution is 2.16. The Morgan fingerprint density at radius 1 is 1.45 bits per heavy atom. The van der Waals surface area contributed by atoms with Crippen molar-refractivity contribution >= 4 is 18.3 Å². The van der Waals surface area contributed by atoms with Crippen molar-refractivity contribution in [3.63, 3.8) is 0 Å². The van der Waals surface area contributed by atoms with Gasteiger partial charge in [-0.3, -0.25) is 9.69 Å². The first-order chi connectivity index (χ1) is 10.1. The van der Waals surface area contributed by atoms with Gasteiger partial charge in [-0.15, -0.1) is 12.4 Å². The number of hydrogen-bond donors (Lipinski definition) is 2. The van der Waals surface area contributed by atoms with Gasteiger partial charge in [0.2, 0.25) is 5.91 Å². The normalized spacial score (nSPS) is 20.0. The van der Waals surface area contributed by atoms with E-state index in [1.165, 1.54) is 12.1 Å². The number of carbonyl (C=O) groups is 1. The number of amides is 1. The fourth-order valence-electron chi connectivity index (χ4n) is 2.81. The zero-order chi connectivity index (χ0) is 15.2. The summed E-state index contributed by atoms with van der Waals surface area (Å²) in [5.74, 6) is 0.240. The molecule has 124 valence electrons. The van der Waals surface area contributed by atoms with Gasteiger partial charge in [-0.2, -0.15) is 0 Å². The highest BCUT2D eigenvalue weighted by molar-refractivity contribution is 5.85. The molecule has 0 saturated carbocycles. The largest absolute Gasteiger partial charge is 0.348 e. The number of piperidine rings is 1. The van der Waals surface area contributed by atoms with Crippen LogP contribution in [0.15, 0.2) is 24.3 Å². The predicted octanol–water partition coefficient (Wildman–Crippen LogP) is 2.10. The maximum absolute atomic E-state index is 12.9. The van der Waals surface area contributed by atoms with E-state index in [0.717, 1.165) is 31.5 Å². The van der Waals surface area contributed by atoms with Gasteiger partial charge in [-0.1, -0.05) is 12.1 Å². The van der Waals surface area contributed by atoms with Crippen LogP contribution in [-0.4, -0.2) is 37.0 Å². The van der Waals surface area contributed by atoms with Crippen molar-refractivity contribution < 1.29 is 9.18 Å². The molecule has 1 amide bonds. The summed E-state index contributed by atoms with van der Waals surface area (Å²) in [5.41, 5.74) is 6.61. The first-order valence-electron chi connectivity index (χ1n) is 7.55. The number of nitrogens with one attached hydrogen (secondary N) is 1. The van der Waals surface area contributed by atoms with E-state index in [1.54, 1.807) is 12.1 Å². The van der Waals surface area contributed by atoms with E-state index < -0.39 is 0 Å². The Morgan fingerprint density at radius 3 is 2.77 bits per heavy atom. The summed E-state index contributed by atoms with van der Waals surface area (Å²) in [5, 5.41) is 2.96. The van der Waals surface area contributed by atoms with Gasteiger partial charge in [0, 0.05) is 6.54 Å². The SMILES string of the molecule is CC(NC(=O)CN1CCCC(CN)C1)c1ccc(F)cc1.Cl. The van der Waals surface area contributed by atoms with Crippen LogP contribution in [0.25, 0.3) is 0 Å². The average molecular weight is 330 g/mol. The highest BCUT2D eigenvalue weighted by atomic mass is 35.5. The van der Waals surface area contributed by atoms with E-state index in [4.69, 9.17) is 5.73 Å². The number of halogens is 2. The van der Waals surface area contributed by atoms with Gasteiger partial charge in [0.15, 0.2) is 0 Å². The Hall–Kier alpha value is -1.17. The second-order valence-electron chi connectivity index (χ2n) is 5.82. The lowest BCUT2D eigenvalue weighted by Crippen LogP contribution is -2.44. The Kier molecular flexibility index (Phi) is 7.79. The van der Waals surface area contributed by atoms with Gasteiger partial charge >= 0.3 is 0 Å². The van der Waals surface area contributed by atoms with Crippen LogP contribution in [0.3, 0.4) is 0 Å². The highest BCUT2D eigenvalue weighted by Gasteiger charge is 2.21. The average Bonchev–Trinajstić information content (AvgIpc) is 2.47. The molecule has 0 aromatic heterocycles. The van der Waals surface area contributed by atoms with Gasteiger partial charge in [0.1, 0.15) is 5.82 Å². The maximum Gasteiger partial charge on any atom is 0.234 e. The van der Waals surface area contributed by atoms with E-state index in [1.807, 2.05) is 6.92 Å². The molecule has 1 aliphatic rings. The molecule has 2 rings (SSSR count). The molecule has 0 radical (unpaired) electrons. The van der Waals surface area contributed by atoms with Crippen molar-refractivity contribution in [3.05, 3.63) is 35.6 Å². The second kappa shape index (κ2) is 9.08. The minimum Gasteiger partial charge on any atom is -0.348 e. The van der Waals surface area contributed by atoms with Gasteiger partial charge in [-0.25, -0.2) is 4.39 Å². The van der Waals surface area contributed by atoms with Crippen LogP contribution in [-0.2, 0) is 4.79 Å². The summed E-state index contributed by atoms with van der Waals surface area (Å²) in [6, 6.07) is 6.11. The molecule has 0 spiro atoms. The smallest absolute Gasteiger partial charge is 0.234 e. The number of hydrogen-bond acceptors (Lipinski definition) is 3. The van der Waals surface area contributed by atoms with Crippen molar-refractivity contribution in [2.24, 2.45) is 11.7 Å². The summed E-state index contributed by atoms with van der Waals surface area (Å²) in [4.78, 5) is 14.3. The number of rotatable bonds is 5. The summed E-state index contributed by atoms with van der Waals surface area (Å²) in [6.07, 6.45) is 2.25. The van der Waals surface area contributed by atoms with Crippen LogP contribution in [0.2, 0.25) is 0 Å². The van der Waals surface area contributed by atoms with Crippen LogP contribution >= 0.6 is 12.4 Å². The second-order valence-corrected chi connectivity index (χ2v) is 5.82. The third-order valence-electron chi connectivity index (χ3n) is 4.05. The molecule has 1 saturated heterocycles. The summed E-state index contributed by atoms with van der Waals surface area (Å²) in [7, 11) is 0. The Morgan fingerprint density at radius 2 is 2.14 bits per heavy atom. The molecule has 3 N–H and O–H groups in total. The third-order valence-corrected chi connectivity index (χ3v) is 4.05. The number of benzene rings is 1. The first-order valence-corrected chi connectivity index (χ1v) is 7.55. The molecule has 1 aromatic carbocycles. The van der Waals surface area contributed by atoms with Crippen LogP contribution in [0.4, 0.5) is 4.39 Å². The molecule has 2 atom stereocenters. The van der Waals surface area contributed by atoms with Crippen molar-refractivity contribution in [3.8, 4) is 0 Å². The van der Waals surface area contributed by atoms with Gasteiger partial charge in [0.05, 0.1) is 12.6 Å². The minimum atomic E-state index is -0.265. The molecule has 1 aliphatic heterocycles. The standard InChI is InChI=1S/C16H24FN3O.ClH/c1-12(14-4-6-15(17)7-5-14)19-16(21)11-20-8-2-3-13(9-18)10-20;/h4-7,12-13H,2-3,8-11,18H2,1H3,(H,19,21);1H. The number of nitrogens with zero attached hydrogens (tertiary/aromatic N) is 1. The van der Waals surface area contributed by atoms with Gasteiger partial charge in [-0.05, 0) is 56.5 Å². The Bertz CT molecular complexity index is 469. The van der Waals surface area contributed by atoms with Gasteiger partial charge < -0.3 is 11.1 Å². The van der Waals surface area contributed by atoms with Gasteiger partial charge in [0.25, 0.3) is 0 Å². The summed E-state index contributed by atoms with van der Waals surface area (Å²) in [6.45, 7) is 4.85. The molecule has 1 heterocycles. The molecule has 1 aromatic rings. The number of nitrogens with two attached hydrogens (primary N) is 1. The lowest BCUT2D eigenvalue weighted by Gasteiger charge is -2.31. The molecular formula is C16H25ClFN3O. The van der Waals surface area contributed by atoms with Crippen LogP contribution < -0.4 is 11.1 Å². The topological polar surface area (TPSA) is 58.4 Å². The Balaban J connectivity index is 0.00000242. The Labute approximate surface area is 137 Å². The fraction of sp³-hybridized carbons (Fsp3) is 0.562. The molecule has 2 unspecified atom stereocenters. The van der Waals surface area contributed by atoms with E-state index in [2.05, 4.69) is 10.2 Å². The predicted molar refractivity (Wildman–Crippen MR) is 88.4 cm³/mol. The van der Waals surface area contributed by atoms with Crippen molar-refractivity contribution in [2.45, 2.75) is 25.8 Å². The quantitative estimate of drug-likeness (QED) is 0.869. The molecular weight excluding hydrogens is 305 g/mol.